The van der Waals surface area contributed by atoms with Gasteiger partial charge in [0.05, 0.1) is 18.5 Å². The van der Waals surface area contributed by atoms with Gasteiger partial charge in [0.25, 0.3) is 0 Å². The van der Waals surface area contributed by atoms with Gasteiger partial charge in [0.15, 0.2) is 0 Å². The van der Waals surface area contributed by atoms with Gasteiger partial charge in [-0.1, -0.05) is 0 Å². The Kier molecular flexibility index (Phi) is 6.07. The second-order valence-electron chi connectivity index (χ2n) is 1.45. The lowest BCUT2D eigenvalue weighted by atomic mass is 10.7. The van der Waals surface area contributed by atoms with Gasteiger partial charge in [-0.15, -0.1) is 0 Å². The Morgan fingerprint density at radius 3 is 2.25 bits per heavy atom. The Bertz CT molecular complexity index is 226. The summed E-state index contributed by atoms with van der Waals surface area (Å²) in [7, 11) is 1.54. The maximum Gasteiger partial charge on any atom is 0.315 e. The van der Waals surface area contributed by atoms with Gasteiger partial charge in [-0.2, -0.15) is 0 Å². The SMILES string of the molecule is COc1ncccn1.O=S([O-])O. The first-order valence-electron chi connectivity index (χ1n) is 2.76. The minimum atomic E-state index is -2.86. The summed E-state index contributed by atoms with van der Waals surface area (Å²) in [6, 6.07) is 2.15. The van der Waals surface area contributed by atoms with E-state index in [9.17, 15) is 0 Å². The quantitative estimate of drug-likeness (QED) is 0.619. The zero-order chi connectivity index (χ0) is 9.40. The Balaban J connectivity index is 0.000000261. The number of hydrogen-bond acceptors (Lipinski definition) is 5. The van der Waals surface area contributed by atoms with E-state index >= 15 is 0 Å². The maximum absolute atomic E-state index is 8.56. The van der Waals surface area contributed by atoms with Crippen LogP contribution in [0.15, 0.2) is 18.5 Å². The van der Waals surface area contributed by atoms with Gasteiger partial charge in [-0.05, 0) is 6.07 Å². The van der Waals surface area contributed by atoms with Crippen LogP contribution in [0.25, 0.3) is 0 Å². The van der Waals surface area contributed by atoms with E-state index in [1.807, 2.05) is 0 Å². The third-order valence-electron chi connectivity index (χ3n) is 0.725. The van der Waals surface area contributed by atoms with Crippen molar-refractivity contribution in [2.75, 3.05) is 7.11 Å². The number of methoxy groups -OCH3 is 1. The minimum absolute atomic E-state index is 0.410. The average molecular weight is 191 g/mol. The Hall–Kier alpha value is -1.05. The van der Waals surface area contributed by atoms with Crippen LogP contribution in [0.4, 0.5) is 0 Å². The Labute approximate surface area is 71.7 Å². The molecular weight excluding hydrogens is 184 g/mol. The molecule has 1 heterocycles. The molecule has 68 valence electrons. The van der Waals surface area contributed by atoms with E-state index in [1.54, 1.807) is 18.5 Å². The highest BCUT2D eigenvalue weighted by Crippen LogP contribution is 1.92. The summed E-state index contributed by atoms with van der Waals surface area (Å²) in [5, 5.41) is 0. The first-order chi connectivity index (χ1) is 5.66. The third kappa shape index (κ3) is 7.06. The molecule has 0 aliphatic heterocycles. The summed E-state index contributed by atoms with van der Waals surface area (Å²) in [5.74, 6) is 0. The highest BCUT2D eigenvalue weighted by Gasteiger charge is 1.84. The first kappa shape index (κ1) is 11.0. The molecule has 0 saturated heterocycles. The molecule has 0 spiro atoms. The summed E-state index contributed by atoms with van der Waals surface area (Å²) in [6.07, 6.45) is 3.26. The van der Waals surface area contributed by atoms with Crippen molar-refractivity contribution in [1.29, 1.82) is 0 Å². The van der Waals surface area contributed by atoms with Crippen LogP contribution < -0.4 is 4.74 Å². The number of nitrogens with zero attached hydrogens (tertiary/aromatic N) is 2. The van der Waals surface area contributed by atoms with Gasteiger partial charge in [0.2, 0.25) is 0 Å². The van der Waals surface area contributed by atoms with Crippen molar-refractivity contribution in [3.8, 4) is 6.01 Å². The molecule has 1 rings (SSSR count). The number of rotatable bonds is 1. The fourth-order valence-corrected chi connectivity index (χ4v) is 0.391. The fraction of sp³-hybridized carbons (Fsp3) is 0.200. The predicted molar refractivity (Wildman–Crippen MR) is 40.1 cm³/mol. The Morgan fingerprint density at radius 1 is 1.58 bits per heavy atom. The van der Waals surface area contributed by atoms with E-state index in [-0.39, 0.29) is 0 Å². The summed E-state index contributed by atoms with van der Waals surface area (Å²) < 4.78 is 28.8. The van der Waals surface area contributed by atoms with Gasteiger partial charge in [0.1, 0.15) is 0 Å². The van der Waals surface area contributed by atoms with Gasteiger partial charge >= 0.3 is 6.01 Å². The van der Waals surface area contributed by atoms with Gasteiger partial charge in [-0.25, -0.2) is 14.2 Å². The van der Waals surface area contributed by atoms with Crippen LogP contribution in [0.5, 0.6) is 6.01 Å². The maximum atomic E-state index is 8.56. The monoisotopic (exact) mass is 191 g/mol. The minimum Gasteiger partial charge on any atom is -0.750 e. The molecule has 7 heteroatoms. The van der Waals surface area contributed by atoms with Crippen molar-refractivity contribution in [1.82, 2.24) is 9.97 Å². The lowest BCUT2D eigenvalue weighted by Gasteiger charge is -1.90. The highest BCUT2D eigenvalue weighted by atomic mass is 32.2. The molecule has 1 aromatic heterocycles. The molecule has 0 amide bonds. The van der Waals surface area contributed by atoms with Gasteiger partial charge in [-0.3, -0.25) is 0 Å². The van der Waals surface area contributed by atoms with Crippen molar-refractivity contribution in [2.24, 2.45) is 0 Å². The second kappa shape index (κ2) is 6.65. The normalized spacial score (nSPS) is 10.9. The topological polar surface area (TPSA) is 95.4 Å². The number of ether oxygens (including phenoxy) is 1. The number of aromatic nitrogens is 2. The summed E-state index contributed by atoms with van der Waals surface area (Å²) >= 11 is -2.86. The van der Waals surface area contributed by atoms with Crippen molar-refractivity contribution in [3.63, 3.8) is 0 Å². The number of hydrogen-bond donors (Lipinski definition) is 1. The highest BCUT2D eigenvalue weighted by molar-refractivity contribution is 7.73. The van der Waals surface area contributed by atoms with E-state index < -0.39 is 11.4 Å². The van der Waals surface area contributed by atoms with E-state index in [2.05, 4.69) is 9.97 Å². The lowest BCUT2D eigenvalue weighted by molar-refractivity contribution is 0.379. The summed E-state index contributed by atoms with van der Waals surface area (Å²) in [4.78, 5) is 7.53. The molecule has 0 aromatic carbocycles. The van der Waals surface area contributed by atoms with Crippen LogP contribution in [0.3, 0.4) is 0 Å². The molecule has 6 nitrogen and oxygen atoms in total. The molecule has 0 aliphatic carbocycles. The van der Waals surface area contributed by atoms with Crippen molar-refractivity contribution in [2.45, 2.75) is 0 Å². The zero-order valence-electron chi connectivity index (χ0n) is 6.21. The predicted octanol–water partition coefficient (Wildman–Crippen LogP) is -0.176. The van der Waals surface area contributed by atoms with Crippen LogP contribution in [0.1, 0.15) is 0 Å². The van der Waals surface area contributed by atoms with Crippen molar-refractivity contribution >= 4 is 11.4 Å². The molecule has 0 bridgehead atoms. The second-order valence-corrected chi connectivity index (χ2v) is 1.89. The summed E-state index contributed by atoms with van der Waals surface area (Å²) in [5.41, 5.74) is 0. The smallest absolute Gasteiger partial charge is 0.315 e. The van der Waals surface area contributed by atoms with E-state index in [4.69, 9.17) is 18.1 Å². The van der Waals surface area contributed by atoms with E-state index in [0.717, 1.165) is 0 Å². The molecular formula is C5H7N2O4S-. The van der Waals surface area contributed by atoms with E-state index in [0.29, 0.717) is 6.01 Å². The molecule has 0 aliphatic rings. The zero-order valence-corrected chi connectivity index (χ0v) is 7.02. The van der Waals surface area contributed by atoms with Crippen molar-refractivity contribution in [3.05, 3.63) is 18.5 Å². The first-order valence-corrected chi connectivity index (χ1v) is 3.79. The molecule has 0 saturated carbocycles. The lowest BCUT2D eigenvalue weighted by Crippen LogP contribution is -1.87. The fourth-order valence-electron chi connectivity index (χ4n) is 0.391. The molecule has 1 N–H and O–H groups in total. The summed E-state index contributed by atoms with van der Waals surface area (Å²) in [6.45, 7) is 0. The molecule has 1 unspecified atom stereocenters. The third-order valence-corrected chi connectivity index (χ3v) is 0.725. The van der Waals surface area contributed by atoms with Crippen LogP contribution in [0.2, 0.25) is 0 Å². The molecule has 12 heavy (non-hydrogen) atoms. The van der Waals surface area contributed by atoms with Crippen molar-refractivity contribution < 1.29 is 18.1 Å². The van der Waals surface area contributed by atoms with Crippen LogP contribution in [0, 0.1) is 0 Å². The van der Waals surface area contributed by atoms with Gasteiger partial charge < -0.3 is 13.8 Å². The largest absolute Gasteiger partial charge is 0.750 e. The molecule has 1 atom stereocenters. The van der Waals surface area contributed by atoms with Crippen LogP contribution in [-0.2, 0) is 11.4 Å². The standard InChI is InChI=1S/C5H6N2O.H2O3S/c1-8-5-6-3-2-4-7-5;1-4(2)3/h2-4H,1H3;(H2,1,2,3)/p-1. The Morgan fingerprint density at radius 2 is 2.00 bits per heavy atom. The van der Waals surface area contributed by atoms with Gasteiger partial charge in [0, 0.05) is 12.4 Å². The molecule has 0 radical (unpaired) electrons. The van der Waals surface area contributed by atoms with E-state index in [1.165, 1.54) is 7.11 Å². The molecule has 1 aromatic rings. The molecule has 0 fully saturated rings. The van der Waals surface area contributed by atoms with Crippen LogP contribution >= 0.6 is 0 Å². The van der Waals surface area contributed by atoms with Crippen LogP contribution in [-0.4, -0.2) is 30.4 Å². The average Bonchev–Trinajstić information content (AvgIpc) is 2.05.